The maximum Gasteiger partial charge on any atom is 0.0472 e. The molecule has 2 saturated heterocycles. The molecule has 2 N–H and O–H groups in total. The summed E-state index contributed by atoms with van der Waals surface area (Å²) in [5, 5.41) is 0. The van der Waals surface area contributed by atoms with Gasteiger partial charge in [-0.1, -0.05) is 6.42 Å². The topological polar surface area (TPSA) is 38.5 Å². The Morgan fingerprint density at radius 3 is 2.69 bits per heavy atom. The molecule has 16 heavy (non-hydrogen) atoms. The summed E-state index contributed by atoms with van der Waals surface area (Å²) in [6.07, 6.45) is 6.41. The molecule has 94 valence electrons. The Balaban J connectivity index is 1.93. The zero-order valence-electron chi connectivity index (χ0n) is 10.6. The number of ether oxygens (including phenoxy) is 1. The number of nitrogens with zero attached hydrogens (tertiary/aromatic N) is 1. The smallest absolute Gasteiger partial charge is 0.0472 e. The predicted octanol–water partition coefficient (Wildman–Crippen LogP) is 1.62. The molecular weight excluding hydrogens is 200 g/mol. The fraction of sp³-hybridized carbons (Fsp3) is 1.00. The molecule has 0 radical (unpaired) electrons. The van der Waals surface area contributed by atoms with Gasteiger partial charge in [-0.3, -0.25) is 0 Å². The van der Waals surface area contributed by atoms with Crippen LogP contribution in [0.5, 0.6) is 0 Å². The van der Waals surface area contributed by atoms with E-state index >= 15 is 0 Å². The van der Waals surface area contributed by atoms with Crippen molar-refractivity contribution in [2.75, 3.05) is 32.8 Å². The lowest BCUT2D eigenvalue weighted by Crippen LogP contribution is -2.50. The van der Waals surface area contributed by atoms with Crippen molar-refractivity contribution >= 4 is 0 Å². The van der Waals surface area contributed by atoms with Crippen LogP contribution in [-0.2, 0) is 4.74 Å². The SMILES string of the molecule is CC1CCCCN1CC1(CN)CCOCC1. The first-order valence-electron chi connectivity index (χ1n) is 6.78. The normalized spacial score (nSPS) is 31.5. The molecule has 0 saturated carbocycles. The summed E-state index contributed by atoms with van der Waals surface area (Å²) in [5.41, 5.74) is 6.36. The van der Waals surface area contributed by atoms with E-state index in [1.54, 1.807) is 0 Å². The van der Waals surface area contributed by atoms with Crippen LogP contribution in [-0.4, -0.2) is 43.8 Å². The first kappa shape index (κ1) is 12.3. The van der Waals surface area contributed by atoms with Crippen LogP contribution in [0.3, 0.4) is 0 Å². The summed E-state index contributed by atoms with van der Waals surface area (Å²) in [6, 6.07) is 0.750. The van der Waals surface area contributed by atoms with Gasteiger partial charge in [0.1, 0.15) is 0 Å². The molecule has 0 bridgehead atoms. The van der Waals surface area contributed by atoms with Gasteiger partial charge >= 0.3 is 0 Å². The molecule has 2 fully saturated rings. The Kier molecular flexibility index (Phi) is 4.22. The second kappa shape index (κ2) is 5.48. The van der Waals surface area contributed by atoms with Crippen LogP contribution in [0.1, 0.15) is 39.0 Å². The van der Waals surface area contributed by atoms with Crippen LogP contribution in [0.25, 0.3) is 0 Å². The van der Waals surface area contributed by atoms with E-state index in [2.05, 4.69) is 11.8 Å². The Morgan fingerprint density at radius 2 is 2.06 bits per heavy atom. The van der Waals surface area contributed by atoms with Gasteiger partial charge in [-0.2, -0.15) is 0 Å². The van der Waals surface area contributed by atoms with E-state index in [9.17, 15) is 0 Å². The number of rotatable bonds is 3. The minimum absolute atomic E-state index is 0.337. The molecule has 2 aliphatic heterocycles. The molecule has 2 heterocycles. The van der Waals surface area contributed by atoms with E-state index in [1.165, 1.54) is 32.4 Å². The summed E-state index contributed by atoms with van der Waals surface area (Å²) in [4.78, 5) is 2.65. The van der Waals surface area contributed by atoms with Crippen LogP contribution in [0.15, 0.2) is 0 Å². The van der Waals surface area contributed by atoms with Crippen molar-refractivity contribution in [2.24, 2.45) is 11.1 Å². The highest BCUT2D eigenvalue weighted by atomic mass is 16.5. The van der Waals surface area contributed by atoms with Gasteiger partial charge in [-0.05, 0) is 51.1 Å². The first-order chi connectivity index (χ1) is 7.76. The van der Waals surface area contributed by atoms with Crippen LogP contribution in [0.2, 0.25) is 0 Å². The highest BCUT2D eigenvalue weighted by Crippen LogP contribution is 2.32. The Morgan fingerprint density at radius 1 is 1.31 bits per heavy atom. The van der Waals surface area contributed by atoms with E-state index in [1.807, 2.05) is 0 Å². The fourth-order valence-electron chi connectivity index (χ4n) is 3.05. The third-order valence-electron chi connectivity index (χ3n) is 4.47. The largest absolute Gasteiger partial charge is 0.381 e. The van der Waals surface area contributed by atoms with Gasteiger partial charge in [0, 0.05) is 25.8 Å². The van der Waals surface area contributed by atoms with E-state index in [0.29, 0.717) is 5.41 Å². The summed E-state index contributed by atoms with van der Waals surface area (Å²) in [7, 11) is 0. The Bertz CT molecular complexity index is 214. The molecule has 0 aromatic heterocycles. The maximum atomic E-state index is 6.02. The van der Waals surface area contributed by atoms with Gasteiger partial charge in [0.2, 0.25) is 0 Å². The Labute approximate surface area is 99.3 Å². The minimum atomic E-state index is 0.337. The number of hydrogen-bond donors (Lipinski definition) is 1. The highest BCUT2D eigenvalue weighted by molar-refractivity contribution is 4.88. The summed E-state index contributed by atoms with van der Waals surface area (Å²) < 4.78 is 5.47. The fourth-order valence-corrected chi connectivity index (χ4v) is 3.05. The summed E-state index contributed by atoms with van der Waals surface area (Å²) in [6.45, 7) is 7.44. The summed E-state index contributed by atoms with van der Waals surface area (Å²) >= 11 is 0. The zero-order valence-corrected chi connectivity index (χ0v) is 10.6. The molecular formula is C13H26N2O. The monoisotopic (exact) mass is 226 g/mol. The Hall–Kier alpha value is -0.120. The van der Waals surface area contributed by atoms with Crippen molar-refractivity contribution in [3.05, 3.63) is 0 Å². The van der Waals surface area contributed by atoms with Crippen LogP contribution < -0.4 is 5.73 Å². The first-order valence-corrected chi connectivity index (χ1v) is 6.78. The zero-order chi connectivity index (χ0) is 11.4. The number of hydrogen-bond acceptors (Lipinski definition) is 3. The van der Waals surface area contributed by atoms with E-state index < -0.39 is 0 Å². The minimum Gasteiger partial charge on any atom is -0.381 e. The molecule has 2 rings (SSSR count). The number of nitrogens with two attached hydrogens (primary N) is 1. The van der Waals surface area contributed by atoms with Crippen molar-refractivity contribution in [3.63, 3.8) is 0 Å². The standard InChI is InChI=1S/C13H26N2O/c1-12-4-2-3-7-15(12)11-13(10-14)5-8-16-9-6-13/h12H,2-11,14H2,1H3. The molecule has 3 nitrogen and oxygen atoms in total. The third-order valence-corrected chi connectivity index (χ3v) is 4.47. The predicted molar refractivity (Wildman–Crippen MR) is 66.4 cm³/mol. The molecule has 0 aliphatic carbocycles. The molecule has 0 amide bonds. The van der Waals surface area contributed by atoms with Gasteiger partial charge in [0.15, 0.2) is 0 Å². The summed E-state index contributed by atoms with van der Waals surface area (Å²) in [5.74, 6) is 0. The average Bonchev–Trinajstić information content (AvgIpc) is 2.33. The van der Waals surface area contributed by atoms with Gasteiger partial charge in [-0.25, -0.2) is 0 Å². The molecule has 0 spiro atoms. The molecule has 3 heteroatoms. The van der Waals surface area contributed by atoms with Crippen molar-refractivity contribution in [3.8, 4) is 0 Å². The number of piperidine rings is 1. The van der Waals surface area contributed by atoms with Gasteiger partial charge in [0.05, 0.1) is 0 Å². The lowest BCUT2D eigenvalue weighted by atomic mass is 9.79. The molecule has 2 aliphatic rings. The van der Waals surface area contributed by atoms with Crippen LogP contribution in [0, 0.1) is 5.41 Å². The molecule has 1 unspecified atom stereocenters. The van der Waals surface area contributed by atoms with E-state index in [0.717, 1.165) is 38.6 Å². The molecule has 1 atom stereocenters. The van der Waals surface area contributed by atoms with Crippen LogP contribution in [0.4, 0.5) is 0 Å². The average molecular weight is 226 g/mol. The van der Waals surface area contributed by atoms with Gasteiger partial charge < -0.3 is 15.4 Å². The van der Waals surface area contributed by atoms with Crippen LogP contribution >= 0.6 is 0 Å². The maximum absolute atomic E-state index is 6.02. The van der Waals surface area contributed by atoms with E-state index in [4.69, 9.17) is 10.5 Å². The van der Waals surface area contributed by atoms with Crippen molar-refractivity contribution in [2.45, 2.75) is 45.1 Å². The lowest BCUT2D eigenvalue weighted by Gasteiger charge is -2.43. The van der Waals surface area contributed by atoms with Crippen molar-refractivity contribution < 1.29 is 4.74 Å². The number of likely N-dealkylation sites (tertiary alicyclic amines) is 1. The third kappa shape index (κ3) is 2.76. The quantitative estimate of drug-likeness (QED) is 0.794. The van der Waals surface area contributed by atoms with Gasteiger partial charge in [0.25, 0.3) is 0 Å². The van der Waals surface area contributed by atoms with E-state index in [-0.39, 0.29) is 0 Å². The highest BCUT2D eigenvalue weighted by Gasteiger charge is 2.34. The second-order valence-corrected chi connectivity index (χ2v) is 5.63. The molecule has 0 aromatic carbocycles. The second-order valence-electron chi connectivity index (χ2n) is 5.63. The molecule has 0 aromatic rings. The lowest BCUT2D eigenvalue weighted by molar-refractivity contribution is -0.0114. The van der Waals surface area contributed by atoms with Crippen molar-refractivity contribution in [1.29, 1.82) is 0 Å². The van der Waals surface area contributed by atoms with Gasteiger partial charge in [-0.15, -0.1) is 0 Å². The van der Waals surface area contributed by atoms with Crippen molar-refractivity contribution in [1.82, 2.24) is 4.90 Å².